The quantitative estimate of drug-likeness (QED) is 0.891. The van der Waals surface area contributed by atoms with Crippen LogP contribution in [0.1, 0.15) is 26.3 Å². The molecule has 4 heteroatoms. The summed E-state index contributed by atoms with van der Waals surface area (Å²) in [6.07, 6.45) is 0. The molecule has 0 saturated carbocycles. The number of nitrogens with zero attached hydrogens (tertiary/aromatic N) is 1. The number of amides is 1. The molecule has 1 amide bonds. The summed E-state index contributed by atoms with van der Waals surface area (Å²) >= 11 is 0. The van der Waals surface area contributed by atoms with Crippen molar-refractivity contribution in [2.45, 2.75) is 33.3 Å². The van der Waals surface area contributed by atoms with Gasteiger partial charge < -0.3 is 14.7 Å². The fourth-order valence-electron chi connectivity index (χ4n) is 1.69. The number of carbonyl (C=O) groups is 1. The first-order valence-corrected chi connectivity index (χ1v) is 6.01. The van der Waals surface area contributed by atoms with E-state index in [4.69, 9.17) is 4.74 Å². The fraction of sp³-hybridized carbons (Fsp3) is 0.500. The van der Waals surface area contributed by atoms with Crippen LogP contribution >= 0.6 is 0 Å². The Balaban J connectivity index is 2.98. The van der Waals surface area contributed by atoms with Crippen molar-refractivity contribution in [1.82, 2.24) is 0 Å². The molecule has 100 valence electrons. The van der Waals surface area contributed by atoms with Gasteiger partial charge in [0, 0.05) is 12.7 Å². The van der Waals surface area contributed by atoms with Gasteiger partial charge >= 0.3 is 0 Å². The number of hydrogen-bond donors (Lipinski definition) is 1. The minimum atomic E-state index is -1.37. The Morgan fingerprint density at radius 1 is 1.44 bits per heavy atom. The molecule has 0 aliphatic heterocycles. The van der Waals surface area contributed by atoms with E-state index >= 15 is 0 Å². The topological polar surface area (TPSA) is 49.8 Å². The molecule has 1 aromatic carbocycles. The largest absolute Gasteiger partial charge is 0.494 e. The maximum absolute atomic E-state index is 11.9. The maximum atomic E-state index is 11.9. The van der Waals surface area contributed by atoms with E-state index in [1.807, 2.05) is 32.0 Å². The highest BCUT2D eigenvalue weighted by atomic mass is 16.5. The second-order valence-corrected chi connectivity index (χ2v) is 4.81. The van der Waals surface area contributed by atoms with Gasteiger partial charge in [-0.1, -0.05) is 0 Å². The predicted molar refractivity (Wildman–Crippen MR) is 72.1 cm³/mol. The molecule has 0 aliphatic rings. The van der Waals surface area contributed by atoms with Crippen LogP contribution in [0.2, 0.25) is 0 Å². The van der Waals surface area contributed by atoms with Gasteiger partial charge in [-0.25, -0.2) is 0 Å². The van der Waals surface area contributed by atoms with E-state index in [2.05, 4.69) is 0 Å². The average molecular weight is 251 g/mol. The smallest absolute Gasteiger partial charge is 0.258 e. The van der Waals surface area contributed by atoms with Gasteiger partial charge in [0.05, 0.1) is 6.61 Å². The SMILES string of the molecule is CCOc1ccc(N(C)C(=O)C(C)(C)O)cc1C. The summed E-state index contributed by atoms with van der Waals surface area (Å²) in [6.45, 7) is 7.42. The number of likely N-dealkylation sites (N-methyl/N-ethyl adjacent to an activating group) is 1. The van der Waals surface area contributed by atoms with Gasteiger partial charge in [0.15, 0.2) is 0 Å². The molecule has 0 unspecified atom stereocenters. The highest BCUT2D eigenvalue weighted by Crippen LogP contribution is 2.25. The summed E-state index contributed by atoms with van der Waals surface area (Å²) in [4.78, 5) is 13.4. The molecule has 1 aromatic rings. The van der Waals surface area contributed by atoms with Gasteiger partial charge in [0.25, 0.3) is 5.91 Å². The van der Waals surface area contributed by atoms with Crippen LogP contribution in [0.5, 0.6) is 5.75 Å². The van der Waals surface area contributed by atoms with E-state index < -0.39 is 5.60 Å². The molecule has 0 heterocycles. The molecule has 0 aromatic heterocycles. The third-order valence-corrected chi connectivity index (χ3v) is 2.67. The second kappa shape index (κ2) is 5.40. The van der Waals surface area contributed by atoms with Crippen molar-refractivity contribution in [2.24, 2.45) is 0 Å². The van der Waals surface area contributed by atoms with Crippen LogP contribution in [0, 0.1) is 6.92 Å². The number of ether oxygens (including phenoxy) is 1. The summed E-state index contributed by atoms with van der Waals surface area (Å²) < 4.78 is 5.45. The summed E-state index contributed by atoms with van der Waals surface area (Å²) in [6, 6.07) is 5.51. The molecule has 0 bridgehead atoms. The zero-order valence-electron chi connectivity index (χ0n) is 11.7. The van der Waals surface area contributed by atoms with Gasteiger partial charge in [-0.05, 0) is 51.5 Å². The average Bonchev–Trinajstić information content (AvgIpc) is 2.29. The number of aryl methyl sites for hydroxylation is 1. The van der Waals surface area contributed by atoms with E-state index in [1.54, 1.807) is 7.05 Å². The highest BCUT2D eigenvalue weighted by Gasteiger charge is 2.28. The van der Waals surface area contributed by atoms with Crippen molar-refractivity contribution in [1.29, 1.82) is 0 Å². The normalized spacial score (nSPS) is 11.2. The summed E-state index contributed by atoms with van der Waals surface area (Å²) in [5, 5.41) is 9.71. The summed E-state index contributed by atoms with van der Waals surface area (Å²) in [5.41, 5.74) is 0.328. The van der Waals surface area contributed by atoms with Crippen LogP contribution in [0.4, 0.5) is 5.69 Å². The van der Waals surface area contributed by atoms with Crippen molar-refractivity contribution in [3.05, 3.63) is 23.8 Å². The molecular formula is C14H21NO3. The standard InChI is InChI=1S/C14H21NO3/c1-6-18-12-8-7-11(9-10(12)2)15(5)13(16)14(3,4)17/h7-9,17H,6H2,1-5H3. The minimum Gasteiger partial charge on any atom is -0.494 e. The van der Waals surface area contributed by atoms with Crippen LogP contribution in [0.25, 0.3) is 0 Å². The number of carbonyl (C=O) groups excluding carboxylic acids is 1. The molecule has 0 radical (unpaired) electrons. The highest BCUT2D eigenvalue weighted by molar-refractivity contribution is 5.98. The van der Waals surface area contributed by atoms with Crippen LogP contribution in [0.3, 0.4) is 0 Å². The Kier molecular flexibility index (Phi) is 4.35. The number of benzene rings is 1. The Bertz CT molecular complexity index is 435. The third kappa shape index (κ3) is 3.23. The number of hydrogen-bond acceptors (Lipinski definition) is 3. The lowest BCUT2D eigenvalue weighted by Crippen LogP contribution is -2.43. The van der Waals surface area contributed by atoms with E-state index in [9.17, 15) is 9.90 Å². The Hall–Kier alpha value is -1.55. The summed E-state index contributed by atoms with van der Waals surface area (Å²) in [5.74, 6) is 0.469. The van der Waals surface area contributed by atoms with E-state index in [0.29, 0.717) is 6.61 Å². The number of aliphatic hydroxyl groups is 1. The van der Waals surface area contributed by atoms with Crippen molar-refractivity contribution in [3.63, 3.8) is 0 Å². The molecular weight excluding hydrogens is 230 g/mol. The minimum absolute atomic E-state index is 0.342. The van der Waals surface area contributed by atoms with E-state index in [0.717, 1.165) is 17.0 Å². The number of anilines is 1. The van der Waals surface area contributed by atoms with E-state index in [-0.39, 0.29) is 5.91 Å². The first-order valence-electron chi connectivity index (χ1n) is 6.01. The van der Waals surface area contributed by atoms with Crippen molar-refractivity contribution in [2.75, 3.05) is 18.6 Å². The zero-order valence-corrected chi connectivity index (χ0v) is 11.7. The number of rotatable bonds is 4. The van der Waals surface area contributed by atoms with Crippen LogP contribution < -0.4 is 9.64 Å². The molecule has 0 fully saturated rings. The lowest BCUT2D eigenvalue weighted by atomic mass is 10.1. The molecule has 4 nitrogen and oxygen atoms in total. The van der Waals surface area contributed by atoms with Crippen molar-refractivity contribution >= 4 is 11.6 Å². The van der Waals surface area contributed by atoms with Gasteiger partial charge in [0.1, 0.15) is 11.4 Å². The van der Waals surface area contributed by atoms with Crippen molar-refractivity contribution in [3.8, 4) is 5.75 Å². The molecule has 18 heavy (non-hydrogen) atoms. The molecule has 1 rings (SSSR count). The van der Waals surface area contributed by atoms with Gasteiger partial charge in [0.2, 0.25) is 0 Å². The Morgan fingerprint density at radius 3 is 2.50 bits per heavy atom. The van der Waals surface area contributed by atoms with Crippen LogP contribution in [-0.2, 0) is 4.79 Å². The monoisotopic (exact) mass is 251 g/mol. The maximum Gasteiger partial charge on any atom is 0.258 e. The zero-order chi connectivity index (χ0) is 13.9. The fourth-order valence-corrected chi connectivity index (χ4v) is 1.69. The first kappa shape index (κ1) is 14.5. The van der Waals surface area contributed by atoms with Crippen molar-refractivity contribution < 1.29 is 14.6 Å². The first-order chi connectivity index (χ1) is 8.27. The summed E-state index contributed by atoms with van der Waals surface area (Å²) in [7, 11) is 1.65. The molecule has 0 aliphatic carbocycles. The molecule has 0 spiro atoms. The molecule has 1 N–H and O–H groups in total. The Morgan fingerprint density at radius 2 is 2.06 bits per heavy atom. The molecule has 0 atom stereocenters. The van der Waals surface area contributed by atoms with Gasteiger partial charge in [-0.2, -0.15) is 0 Å². The Labute approximate surface area is 108 Å². The van der Waals surface area contributed by atoms with E-state index in [1.165, 1.54) is 18.7 Å². The lowest BCUT2D eigenvalue weighted by Gasteiger charge is -2.25. The third-order valence-electron chi connectivity index (χ3n) is 2.67. The van der Waals surface area contributed by atoms with Crippen LogP contribution in [0.15, 0.2) is 18.2 Å². The van der Waals surface area contributed by atoms with Crippen LogP contribution in [-0.4, -0.2) is 30.3 Å². The predicted octanol–water partition coefficient (Wildman–Crippen LogP) is 2.13. The lowest BCUT2D eigenvalue weighted by molar-refractivity contribution is -0.133. The van der Waals surface area contributed by atoms with Gasteiger partial charge in [-0.15, -0.1) is 0 Å². The van der Waals surface area contributed by atoms with Gasteiger partial charge in [-0.3, -0.25) is 4.79 Å². The second-order valence-electron chi connectivity index (χ2n) is 4.81. The molecule has 0 saturated heterocycles.